The van der Waals surface area contributed by atoms with Crippen LogP contribution in [0.1, 0.15) is 24.8 Å². The molecule has 112 valence electrons. The molecule has 2 unspecified atom stereocenters. The van der Waals surface area contributed by atoms with Crippen LogP contribution in [0.2, 0.25) is 0 Å². The third kappa shape index (κ3) is 2.64. The fraction of sp³-hybridized carbons (Fsp3) is 0.467. The minimum absolute atomic E-state index is 0.182. The first-order valence-corrected chi connectivity index (χ1v) is 7.07. The van der Waals surface area contributed by atoms with Crippen LogP contribution in [0.5, 0.6) is 0 Å². The molecule has 1 heterocycles. The molecule has 6 nitrogen and oxygen atoms in total. The summed E-state index contributed by atoms with van der Waals surface area (Å²) in [6.07, 6.45) is 1.26. The molecule has 1 aliphatic carbocycles. The Balaban J connectivity index is 1.65. The van der Waals surface area contributed by atoms with Gasteiger partial charge in [0.1, 0.15) is 0 Å². The lowest BCUT2D eigenvalue weighted by molar-refractivity contribution is -0.140. The highest BCUT2D eigenvalue weighted by Gasteiger charge is 2.51. The number of aliphatic carboxylic acids is 1. The van der Waals surface area contributed by atoms with E-state index in [1.54, 1.807) is 24.3 Å². The number of carbonyl (C=O) groups is 2. The van der Waals surface area contributed by atoms with E-state index in [4.69, 9.17) is 0 Å². The molecule has 1 aromatic rings. The Bertz CT molecular complexity index is 566. The fourth-order valence-electron chi connectivity index (χ4n) is 2.77. The highest BCUT2D eigenvalue weighted by molar-refractivity contribution is 5.95. The quantitative estimate of drug-likeness (QED) is 0.646. The second kappa shape index (κ2) is 5.13. The standard InChI is InChI=1S/C15H18N2O4/c18-11-7-12(16-8-11)13(19)17-10-3-1-9(2-4-10)15(5-6-15)14(20)21/h1-4,11-12,16,18H,5-8H2,(H,17,19)(H,20,21). The van der Waals surface area contributed by atoms with Crippen molar-refractivity contribution in [2.75, 3.05) is 11.9 Å². The summed E-state index contributed by atoms with van der Waals surface area (Å²) in [7, 11) is 0. The van der Waals surface area contributed by atoms with E-state index in [-0.39, 0.29) is 11.9 Å². The lowest BCUT2D eigenvalue weighted by Gasteiger charge is -2.13. The monoisotopic (exact) mass is 290 g/mol. The third-order valence-corrected chi connectivity index (χ3v) is 4.29. The van der Waals surface area contributed by atoms with Gasteiger partial charge in [0.05, 0.1) is 17.6 Å². The minimum Gasteiger partial charge on any atom is -0.481 e. The second-order valence-corrected chi connectivity index (χ2v) is 5.80. The topological polar surface area (TPSA) is 98.7 Å². The Kier molecular flexibility index (Phi) is 3.43. The van der Waals surface area contributed by atoms with Gasteiger partial charge in [0, 0.05) is 12.2 Å². The van der Waals surface area contributed by atoms with E-state index in [2.05, 4.69) is 10.6 Å². The minimum atomic E-state index is -0.788. The van der Waals surface area contributed by atoms with Crippen LogP contribution in [-0.2, 0) is 15.0 Å². The highest BCUT2D eigenvalue weighted by atomic mass is 16.4. The number of rotatable bonds is 4. The van der Waals surface area contributed by atoms with Gasteiger partial charge in [-0.3, -0.25) is 9.59 Å². The van der Waals surface area contributed by atoms with Crippen molar-refractivity contribution in [3.05, 3.63) is 29.8 Å². The summed E-state index contributed by atoms with van der Waals surface area (Å²) in [5, 5.41) is 24.4. The summed E-state index contributed by atoms with van der Waals surface area (Å²) < 4.78 is 0. The number of carboxylic acids is 1. The first-order valence-electron chi connectivity index (χ1n) is 7.07. The van der Waals surface area contributed by atoms with Gasteiger partial charge in [0.15, 0.2) is 0 Å². The molecule has 2 fully saturated rings. The van der Waals surface area contributed by atoms with Gasteiger partial charge < -0.3 is 20.8 Å². The largest absolute Gasteiger partial charge is 0.481 e. The van der Waals surface area contributed by atoms with Crippen LogP contribution in [-0.4, -0.2) is 40.8 Å². The number of nitrogens with one attached hydrogen (secondary N) is 2. The molecule has 0 spiro atoms. The molecule has 0 bridgehead atoms. The maximum absolute atomic E-state index is 12.0. The molecule has 6 heteroatoms. The van der Waals surface area contributed by atoms with Crippen molar-refractivity contribution in [2.24, 2.45) is 0 Å². The van der Waals surface area contributed by atoms with E-state index in [0.29, 0.717) is 31.5 Å². The first-order chi connectivity index (χ1) is 10.0. The average Bonchev–Trinajstić information content (AvgIpc) is 3.16. The van der Waals surface area contributed by atoms with Gasteiger partial charge >= 0.3 is 5.97 Å². The van der Waals surface area contributed by atoms with Crippen molar-refractivity contribution in [1.82, 2.24) is 5.32 Å². The van der Waals surface area contributed by atoms with Gasteiger partial charge in [-0.2, -0.15) is 0 Å². The number of hydrogen-bond acceptors (Lipinski definition) is 4. The summed E-state index contributed by atoms with van der Waals surface area (Å²) in [5.74, 6) is -0.970. The SMILES string of the molecule is O=C(Nc1ccc(C2(C(=O)O)CC2)cc1)C1CC(O)CN1. The van der Waals surface area contributed by atoms with Gasteiger partial charge in [0.25, 0.3) is 0 Å². The highest BCUT2D eigenvalue weighted by Crippen LogP contribution is 2.48. The molecule has 3 rings (SSSR count). The molecule has 4 N–H and O–H groups in total. The van der Waals surface area contributed by atoms with E-state index in [0.717, 1.165) is 5.56 Å². The average molecular weight is 290 g/mol. The Hall–Kier alpha value is -1.92. The van der Waals surface area contributed by atoms with Crippen LogP contribution in [0.15, 0.2) is 24.3 Å². The van der Waals surface area contributed by atoms with E-state index in [1.165, 1.54) is 0 Å². The smallest absolute Gasteiger partial charge is 0.314 e. The molecule has 1 saturated carbocycles. The van der Waals surface area contributed by atoms with Crippen molar-refractivity contribution < 1.29 is 19.8 Å². The lowest BCUT2D eigenvalue weighted by atomic mass is 9.96. The summed E-state index contributed by atoms with van der Waals surface area (Å²) in [6, 6.07) is 6.58. The maximum atomic E-state index is 12.0. The number of amides is 1. The zero-order chi connectivity index (χ0) is 15.0. The lowest BCUT2D eigenvalue weighted by Crippen LogP contribution is -2.35. The van der Waals surface area contributed by atoms with Crippen LogP contribution >= 0.6 is 0 Å². The molecule has 1 amide bonds. The first kappa shape index (κ1) is 14.0. The van der Waals surface area contributed by atoms with Gasteiger partial charge in [-0.1, -0.05) is 12.1 Å². The van der Waals surface area contributed by atoms with Gasteiger partial charge in [0.2, 0.25) is 5.91 Å². The van der Waals surface area contributed by atoms with Crippen molar-refractivity contribution in [3.8, 4) is 0 Å². The molecular formula is C15H18N2O4. The fourth-order valence-corrected chi connectivity index (χ4v) is 2.77. The van der Waals surface area contributed by atoms with Crippen LogP contribution < -0.4 is 10.6 Å². The van der Waals surface area contributed by atoms with Crippen LogP contribution in [0.4, 0.5) is 5.69 Å². The molecule has 1 aromatic carbocycles. The number of aliphatic hydroxyl groups is 1. The number of β-amino-alcohol motifs (C(OH)–C–C–N with tert-alkyl or cyclic N) is 1. The van der Waals surface area contributed by atoms with Gasteiger partial charge in [-0.05, 0) is 37.0 Å². The second-order valence-electron chi connectivity index (χ2n) is 5.80. The summed E-state index contributed by atoms with van der Waals surface area (Å²) in [5.41, 5.74) is 0.690. The predicted octanol–water partition coefficient (Wildman–Crippen LogP) is 0.464. The van der Waals surface area contributed by atoms with E-state index in [9.17, 15) is 19.8 Å². The van der Waals surface area contributed by atoms with Gasteiger partial charge in [-0.15, -0.1) is 0 Å². The predicted molar refractivity (Wildman–Crippen MR) is 76.0 cm³/mol. The molecule has 0 aromatic heterocycles. The zero-order valence-corrected chi connectivity index (χ0v) is 11.5. The molecule has 1 aliphatic heterocycles. The number of carbonyl (C=O) groups excluding carboxylic acids is 1. The third-order valence-electron chi connectivity index (χ3n) is 4.29. The molecule has 21 heavy (non-hydrogen) atoms. The van der Waals surface area contributed by atoms with Gasteiger partial charge in [-0.25, -0.2) is 0 Å². The van der Waals surface area contributed by atoms with E-state index >= 15 is 0 Å². The molecule has 2 aliphatic rings. The van der Waals surface area contributed by atoms with E-state index in [1.807, 2.05) is 0 Å². The van der Waals surface area contributed by atoms with Crippen molar-refractivity contribution in [3.63, 3.8) is 0 Å². The van der Waals surface area contributed by atoms with Crippen LogP contribution in [0.25, 0.3) is 0 Å². The summed E-state index contributed by atoms with van der Waals surface area (Å²) >= 11 is 0. The van der Waals surface area contributed by atoms with Crippen molar-refractivity contribution >= 4 is 17.6 Å². The van der Waals surface area contributed by atoms with Crippen LogP contribution in [0.3, 0.4) is 0 Å². The normalized spacial score (nSPS) is 26.3. The molecular weight excluding hydrogens is 272 g/mol. The number of aliphatic hydroxyl groups excluding tert-OH is 1. The Labute approximate surface area is 122 Å². The number of hydrogen-bond donors (Lipinski definition) is 4. The Morgan fingerprint density at radius 2 is 1.90 bits per heavy atom. The zero-order valence-electron chi connectivity index (χ0n) is 11.5. The number of benzene rings is 1. The summed E-state index contributed by atoms with van der Waals surface area (Å²) in [6.45, 7) is 0.429. The van der Waals surface area contributed by atoms with Crippen molar-refractivity contribution in [2.45, 2.75) is 36.8 Å². The van der Waals surface area contributed by atoms with Crippen LogP contribution in [0, 0.1) is 0 Å². The molecule has 2 atom stereocenters. The Morgan fingerprint density at radius 1 is 1.24 bits per heavy atom. The molecule has 0 radical (unpaired) electrons. The summed E-state index contributed by atoms with van der Waals surface area (Å²) in [4.78, 5) is 23.2. The Morgan fingerprint density at radius 3 is 2.38 bits per heavy atom. The number of anilines is 1. The maximum Gasteiger partial charge on any atom is 0.314 e. The number of carboxylic acid groups (broad SMARTS) is 1. The van der Waals surface area contributed by atoms with E-state index < -0.39 is 17.5 Å². The molecule has 1 saturated heterocycles. The van der Waals surface area contributed by atoms with Crippen molar-refractivity contribution in [1.29, 1.82) is 0 Å².